The maximum absolute atomic E-state index is 5.68. The van der Waals surface area contributed by atoms with E-state index in [0.717, 1.165) is 36.3 Å². The highest BCUT2D eigenvalue weighted by atomic mass is 32.1. The summed E-state index contributed by atoms with van der Waals surface area (Å²) in [6, 6.07) is 6.40. The molecule has 4 heteroatoms. The molecule has 2 rings (SSSR count). The average Bonchev–Trinajstić information content (AvgIpc) is 2.81. The minimum absolute atomic E-state index is 0.320. The number of nitrogens with one attached hydrogen (secondary N) is 1. The molecule has 18 heavy (non-hydrogen) atoms. The van der Waals surface area contributed by atoms with Crippen molar-refractivity contribution in [1.29, 1.82) is 0 Å². The Bertz CT molecular complexity index is 441. The largest absolute Gasteiger partial charge is 0.389 e. The monoisotopic (exact) mass is 264 g/mol. The highest BCUT2D eigenvalue weighted by Gasteiger charge is 2.22. The van der Waals surface area contributed by atoms with E-state index in [9.17, 15) is 0 Å². The molecule has 98 valence electrons. The Morgan fingerprint density at radius 2 is 2.33 bits per heavy atom. The first-order valence-corrected chi connectivity index (χ1v) is 6.77. The summed E-state index contributed by atoms with van der Waals surface area (Å²) >= 11 is 5.01. The van der Waals surface area contributed by atoms with Gasteiger partial charge in [-0.05, 0) is 50.5 Å². The predicted molar refractivity (Wildman–Crippen MR) is 79.1 cm³/mol. The first kappa shape index (κ1) is 13.3. The minimum atomic E-state index is 0.320. The van der Waals surface area contributed by atoms with E-state index >= 15 is 0 Å². The molecular formula is C14H20N2OS. The molecule has 0 aliphatic carbocycles. The Balaban J connectivity index is 2.05. The van der Waals surface area contributed by atoms with E-state index in [1.165, 1.54) is 0 Å². The molecule has 1 fully saturated rings. The van der Waals surface area contributed by atoms with Gasteiger partial charge in [0.1, 0.15) is 4.99 Å². The molecule has 3 nitrogen and oxygen atoms in total. The van der Waals surface area contributed by atoms with Crippen LogP contribution in [-0.2, 0) is 4.74 Å². The van der Waals surface area contributed by atoms with Gasteiger partial charge in [0.2, 0.25) is 0 Å². The van der Waals surface area contributed by atoms with Crippen LogP contribution in [0.1, 0.15) is 30.9 Å². The first-order valence-electron chi connectivity index (χ1n) is 6.36. The van der Waals surface area contributed by atoms with Gasteiger partial charge >= 0.3 is 0 Å². The van der Waals surface area contributed by atoms with Crippen molar-refractivity contribution in [3.8, 4) is 0 Å². The lowest BCUT2D eigenvalue weighted by Crippen LogP contribution is -2.30. The zero-order chi connectivity index (χ0) is 13.1. The second-order valence-electron chi connectivity index (χ2n) is 4.88. The summed E-state index contributed by atoms with van der Waals surface area (Å²) in [5.41, 5.74) is 8.80. The van der Waals surface area contributed by atoms with Crippen molar-refractivity contribution < 1.29 is 4.74 Å². The van der Waals surface area contributed by atoms with E-state index in [-0.39, 0.29) is 0 Å². The van der Waals surface area contributed by atoms with Gasteiger partial charge in [0.05, 0.1) is 6.10 Å². The second kappa shape index (κ2) is 5.67. The molecule has 0 spiro atoms. The fourth-order valence-corrected chi connectivity index (χ4v) is 2.61. The van der Waals surface area contributed by atoms with Gasteiger partial charge in [-0.2, -0.15) is 0 Å². The smallest absolute Gasteiger partial charge is 0.104 e. The van der Waals surface area contributed by atoms with Crippen LogP contribution in [0.3, 0.4) is 0 Å². The van der Waals surface area contributed by atoms with Crippen LogP contribution in [0.5, 0.6) is 0 Å². The van der Waals surface area contributed by atoms with Gasteiger partial charge in [-0.25, -0.2) is 0 Å². The maximum atomic E-state index is 5.68. The zero-order valence-corrected chi connectivity index (χ0v) is 11.7. The molecule has 1 heterocycles. The van der Waals surface area contributed by atoms with Crippen LogP contribution < -0.4 is 11.1 Å². The topological polar surface area (TPSA) is 47.3 Å². The molecule has 0 amide bonds. The van der Waals surface area contributed by atoms with Crippen molar-refractivity contribution in [3.05, 3.63) is 29.3 Å². The highest BCUT2D eigenvalue weighted by molar-refractivity contribution is 7.80. The molecule has 2 atom stereocenters. The third-order valence-electron chi connectivity index (χ3n) is 3.41. The first-order chi connectivity index (χ1) is 8.58. The molecule has 1 aliphatic heterocycles. The van der Waals surface area contributed by atoms with Crippen molar-refractivity contribution in [1.82, 2.24) is 0 Å². The van der Waals surface area contributed by atoms with E-state index in [2.05, 4.69) is 18.3 Å². The fourth-order valence-electron chi connectivity index (χ4n) is 2.38. The van der Waals surface area contributed by atoms with E-state index in [0.29, 0.717) is 17.1 Å². The van der Waals surface area contributed by atoms with Crippen LogP contribution in [0.25, 0.3) is 0 Å². The van der Waals surface area contributed by atoms with E-state index in [1.54, 1.807) is 0 Å². The summed E-state index contributed by atoms with van der Waals surface area (Å²) in [5.74, 6) is 0. The van der Waals surface area contributed by atoms with Crippen LogP contribution >= 0.6 is 12.2 Å². The van der Waals surface area contributed by atoms with Crippen LogP contribution in [0.4, 0.5) is 5.69 Å². The molecule has 0 saturated carbocycles. The Morgan fingerprint density at radius 1 is 1.56 bits per heavy atom. The Kier molecular flexibility index (Phi) is 4.19. The number of ether oxygens (including phenoxy) is 1. The summed E-state index contributed by atoms with van der Waals surface area (Å²) in [7, 11) is 0. The third kappa shape index (κ3) is 3.00. The Hall–Kier alpha value is -1.13. The Labute approximate surface area is 114 Å². The van der Waals surface area contributed by atoms with E-state index in [1.807, 2.05) is 19.1 Å². The number of aryl methyl sites for hydroxylation is 1. The summed E-state index contributed by atoms with van der Waals surface area (Å²) in [4.78, 5) is 0.450. The molecule has 1 aromatic carbocycles. The van der Waals surface area contributed by atoms with Gasteiger partial charge in [0.25, 0.3) is 0 Å². The fraction of sp³-hybridized carbons (Fsp3) is 0.500. The molecule has 3 N–H and O–H groups in total. The minimum Gasteiger partial charge on any atom is -0.389 e. The van der Waals surface area contributed by atoms with Crippen molar-refractivity contribution in [2.75, 3.05) is 11.9 Å². The average molecular weight is 264 g/mol. The quantitative estimate of drug-likeness (QED) is 0.821. The van der Waals surface area contributed by atoms with Gasteiger partial charge in [0.15, 0.2) is 0 Å². The molecule has 0 aromatic heterocycles. The van der Waals surface area contributed by atoms with Crippen molar-refractivity contribution >= 4 is 22.9 Å². The van der Waals surface area contributed by atoms with Crippen molar-refractivity contribution in [2.45, 2.75) is 38.8 Å². The summed E-state index contributed by atoms with van der Waals surface area (Å²) in [5, 5.41) is 3.48. The van der Waals surface area contributed by atoms with Crippen molar-refractivity contribution in [3.63, 3.8) is 0 Å². The Morgan fingerprint density at radius 3 is 2.89 bits per heavy atom. The summed E-state index contributed by atoms with van der Waals surface area (Å²) in [6.45, 7) is 5.07. The normalized spacial score (nSPS) is 20.7. The summed E-state index contributed by atoms with van der Waals surface area (Å²) < 4.78 is 5.68. The number of anilines is 1. The number of rotatable bonds is 4. The molecule has 1 aromatic rings. The van der Waals surface area contributed by atoms with Gasteiger partial charge in [-0.15, -0.1) is 0 Å². The van der Waals surface area contributed by atoms with E-state index in [4.69, 9.17) is 22.7 Å². The lowest BCUT2D eigenvalue weighted by atomic mass is 10.1. The third-order valence-corrected chi connectivity index (χ3v) is 3.63. The number of benzene rings is 1. The predicted octanol–water partition coefficient (Wildman–Crippen LogP) is 2.61. The lowest BCUT2D eigenvalue weighted by molar-refractivity contribution is 0.0996. The highest BCUT2D eigenvalue weighted by Crippen LogP contribution is 2.21. The number of hydrogen-bond donors (Lipinski definition) is 2. The molecule has 1 aliphatic rings. The maximum Gasteiger partial charge on any atom is 0.104 e. The summed E-state index contributed by atoms with van der Waals surface area (Å²) in [6.07, 6.45) is 2.62. The van der Waals surface area contributed by atoms with Crippen LogP contribution in [0.15, 0.2) is 18.2 Å². The molecular weight excluding hydrogens is 244 g/mol. The van der Waals surface area contributed by atoms with Crippen LogP contribution in [0, 0.1) is 6.92 Å². The SMILES string of the molecule is Cc1cc(NC(C)C2CCCO2)ccc1C(N)=S. The number of nitrogens with two attached hydrogens (primary N) is 1. The van der Waals surface area contributed by atoms with Gasteiger partial charge in [-0.1, -0.05) is 12.2 Å². The van der Waals surface area contributed by atoms with Gasteiger partial charge in [0, 0.05) is 23.9 Å². The molecule has 1 saturated heterocycles. The van der Waals surface area contributed by atoms with E-state index < -0.39 is 0 Å². The molecule has 2 unspecified atom stereocenters. The van der Waals surface area contributed by atoms with Crippen molar-refractivity contribution in [2.24, 2.45) is 5.73 Å². The second-order valence-corrected chi connectivity index (χ2v) is 5.32. The van der Waals surface area contributed by atoms with Crippen LogP contribution in [0.2, 0.25) is 0 Å². The number of hydrogen-bond acceptors (Lipinski definition) is 3. The molecule has 0 radical (unpaired) electrons. The van der Waals surface area contributed by atoms with Crippen LogP contribution in [-0.4, -0.2) is 23.7 Å². The number of thiocarbonyl (C=S) groups is 1. The standard InChI is InChI=1S/C14H20N2OS/c1-9-8-11(5-6-12(9)14(15)18)16-10(2)13-4-3-7-17-13/h5-6,8,10,13,16H,3-4,7H2,1-2H3,(H2,15,18). The lowest BCUT2D eigenvalue weighted by Gasteiger charge is -2.21. The zero-order valence-electron chi connectivity index (χ0n) is 10.9. The van der Waals surface area contributed by atoms with Gasteiger partial charge < -0.3 is 15.8 Å². The molecule has 0 bridgehead atoms. The van der Waals surface area contributed by atoms with Gasteiger partial charge in [-0.3, -0.25) is 0 Å².